The van der Waals surface area contributed by atoms with Crippen LogP contribution in [0.4, 0.5) is 0 Å². The Hall–Kier alpha value is -1.36. The Morgan fingerprint density at radius 3 is 2.81 bits per heavy atom. The zero-order valence-corrected chi connectivity index (χ0v) is 17.0. The summed E-state index contributed by atoms with van der Waals surface area (Å²) >= 11 is 13.6. The zero-order valence-electron chi connectivity index (χ0n) is 14.7. The summed E-state index contributed by atoms with van der Waals surface area (Å²) in [6.07, 6.45) is 0.740. The average molecular weight is 410 g/mol. The average Bonchev–Trinajstić information content (AvgIpc) is 2.56. The largest absolute Gasteiger partial charge is 0.487 e. The lowest BCUT2D eigenvalue weighted by Gasteiger charge is -2.37. The van der Waals surface area contributed by atoms with Crippen molar-refractivity contribution in [1.29, 1.82) is 0 Å². The molecule has 1 aliphatic heterocycles. The number of fused-ring (bicyclic) bond motifs is 1. The molecule has 138 valence electrons. The fourth-order valence-electron chi connectivity index (χ4n) is 3.06. The van der Waals surface area contributed by atoms with Gasteiger partial charge < -0.3 is 10.1 Å². The van der Waals surface area contributed by atoms with Crippen LogP contribution in [0.5, 0.6) is 5.75 Å². The normalized spacial score (nSPS) is 17.9. The van der Waals surface area contributed by atoms with Gasteiger partial charge in [0, 0.05) is 27.8 Å². The molecule has 0 bridgehead atoms. The van der Waals surface area contributed by atoms with Gasteiger partial charge in [0.25, 0.3) is 0 Å². The SMILES string of the molecule is CC1(C)CC(NC(=O)CSCc2ccc(Cl)cc2Cl)c2ccccc2O1. The third-order valence-corrected chi connectivity index (χ3v) is 5.79. The molecule has 0 aromatic heterocycles. The number of rotatable bonds is 5. The summed E-state index contributed by atoms with van der Waals surface area (Å²) in [6, 6.07) is 13.3. The molecular weight excluding hydrogens is 389 g/mol. The molecule has 2 aromatic rings. The van der Waals surface area contributed by atoms with Gasteiger partial charge >= 0.3 is 0 Å². The maximum Gasteiger partial charge on any atom is 0.230 e. The van der Waals surface area contributed by atoms with Crippen molar-refractivity contribution in [3.63, 3.8) is 0 Å². The van der Waals surface area contributed by atoms with Gasteiger partial charge in [-0.15, -0.1) is 11.8 Å². The second kappa shape index (κ2) is 8.12. The molecule has 1 N–H and O–H groups in total. The highest BCUT2D eigenvalue weighted by Crippen LogP contribution is 2.39. The van der Waals surface area contributed by atoms with E-state index in [0.717, 1.165) is 23.3 Å². The maximum atomic E-state index is 12.4. The number of nitrogens with one attached hydrogen (secondary N) is 1. The Bertz CT molecular complexity index is 810. The molecule has 0 fully saturated rings. The predicted molar refractivity (Wildman–Crippen MR) is 109 cm³/mol. The van der Waals surface area contributed by atoms with E-state index in [4.69, 9.17) is 27.9 Å². The minimum atomic E-state index is -0.309. The number of carbonyl (C=O) groups is 1. The van der Waals surface area contributed by atoms with Gasteiger partial charge in [0.2, 0.25) is 5.91 Å². The first-order valence-electron chi connectivity index (χ1n) is 8.43. The smallest absolute Gasteiger partial charge is 0.230 e. The number of benzene rings is 2. The van der Waals surface area contributed by atoms with E-state index in [2.05, 4.69) is 5.32 Å². The lowest BCUT2D eigenvalue weighted by atomic mass is 9.90. The van der Waals surface area contributed by atoms with Gasteiger partial charge in [0.05, 0.1) is 11.8 Å². The highest BCUT2D eigenvalue weighted by atomic mass is 35.5. The van der Waals surface area contributed by atoms with Gasteiger partial charge in [-0.05, 0) is 37.6 Å². The molecule has 3 rings (SSSR count). The third-order valence-electron chi connectivity index (χ3n) is 4.22. The summed E-state index contributed by atoms with van der Waals surface area (Å²) in [7, 11) is 0. The Kier molecular flexibility index (Phi) is 6.06. The maximum absolute atomic E-state index is 12.4. The summed E-state index contributed by atoms with van der Waals surface area (Å²) in [5.41, 5.74) is 1.70. The highest BCUT2D eigenvalue weighted by Gasteiger charge is 2.34. The topological polar surface area (TPSA) is 38.3 Å². The summed E-state index contributed by atoms with van der Waals surface area (Å²) < 4.78 is 6.01. The highest BCUT2D eigenvalue weighted by molar-refractivity contribution is 7.99. The molecule has 0 spiro atoms. The van der Waals surface area contributed by atoms with Crippen molar-refractivity contribution in [3.8, 4) is 5.75 Å². The van der Waals surface area contributed by atoms with Gasteiger partial charge in [0.15, 0.2) is 0 Å². The van der Waals surface area contributed by atoms with E-state index < -0.39 is 0 Å². The number of amides is 1. The van der Waals surface area contributed by atoms with Gasteiger partial charge in [-0.3, -0.25) is 4.79 Å². The third kappa shape index (κ3) is 4.87. The predicted octanol–water partition coefficient (Wildman–Crippen LogP) is 5.65. The van der Waals surface area contributed by atoms with Crippen LogP contribution < -0.4 is 10.1 Å². The summed E-state index contributed by atoms with van der Waals surface area (Å²) in [5, 5.41) is 4.39. The van der Waals surface area contributed by atoms with Crippen LogP contribution in [0.1, 0.15) is 37.4 Å². The van der Waals surface area contributed by atoms with Crippen molar-refractivity contribution in [1.82, 2.24) is 5.32 Å². The molecule has 2 aromatic carbocycles. The number of hydrogen-bond donors (Lipinski definition) is 1. The minimum absolute atomic E-state index is 0.0117. The molecule has 0 aliphatic carbocycles. The first-order valence-corrected chi connectivity index (χ1v) is 10.3. The van der Waals surface area contributed by atoms with E-state index in [9.17, 15) is 4.79 Å². The molecule has 0 radical (unpaired) electrons. The van der Waals surface area contributed by atoms with Crippen molar-refractivity contribution in [2.24, 2.45) is 0 Å². The summed E-state index contributed by atoms with van der Waals surface area (Å²) in [5.74, 6) is 1.89. The van der Waals surface area contributed by atoms with Gasteiger partial charge in [0.1, 0.15) is 11.4 Å². The van der Waals surface area contributed by atoms with Crippen molar-refractivity contribution in [3.05, 3.63) is 63.6 Å². The summed E-state index contributed by atoms with van der Waals surface area (Å²) in [6.45, 7) is 4.08. The van der Waals surface area contributed by atoms with E-state index in [0.29, 0.717) is 21.6 Å². The molecule has 0 saturated heterocycles. The van der Waals surface area contributed by atoms with E-state index in [1.54, 1.807) is 6.07 Å². The van der Waals surface area contributed by atoms with Gasteiger partial charge in [-0.25, -0.2) is 0 Å². The molecule has 26 heavy (non-hydrogen) atoms. The molecule has 1 unspecified atom stereocenters. The molecule has 1 amide bonds. The van der Waals surface area contributed by atoms with Crippen LogP contribution in [-0.4, -0.2) is 17.3 Å². The molecule has 1 aliphatic rings. The van der Waals surface area contributed by atoms with Crippen molar-refractivity contribution >= 4 is 40.9 Å². The van der Waals surface area contributed by atoms with Crippen LogP contribution in [0.3, 0.4) is 0 Å². The Morgan fingerprint density at radius 1 is 1.27 bits per heavy atom. The van der Waals surface area contributed by atoms with Crippen molar-refractivity contribution in [2.75, 3.05) is 5.75 Å². The van der Waals surface area contributed by atoms with E-state index in [1.165, 1.54) is 11.8 Å². The second-order valence-corrected chi connectivity index (χ2v) is 8.78. The lowest BCUT2D eigenvalue weighted by molar-refractivity contribution is -0.119. The van der Waals surface area contributed by atoms with Crippen LogP contribution in [0, 0.1) is 0 Å². The Morgan fingerprint density at radius 2 is 2.04 bits per heavy atom. The fourth-order valence-corrected chi connectivity index (χ4v) is 4.46. The second-order valence-electron chi connectivity index (χ2n) is 6.95. The van der Waals surface area contributed by atoms with Crippen LogP contribution in [-0.2, 0) is 10.5 Å². The van der Waals surface area contributed by atoms with Crippen LogP contribution in [0.25, 0.3) is 0 Å². The molecule has 1 heterocycles. The molecular formula is C20H21Cl2NO2S. The molecule has 3 nitrogen and oxygen atoms in total. The van der Waals surface area contributed by atoms with Crippen LogP contribution >= 0.6 is 35.0 Å². The van der Waals surface area contributed by atoms with Crippen molar-refractivity contribution in [2.45, 2.75) is 37.7 Å². The van der Waals surface area contributed by atoms with E-state index in [-0.39, 0.29) is 17.6 Å². The number of hydrogen-bond acceptors (Lipinski definition) is 3. The number of para-hydroxylation sites is 1. The number of thioether (sulfide) groups is 1. The van der Waals surface area contributed by atoms with E-state index >= 15 is 0 Å². The Balaban J connectivity index is 1.58. The first kappa shape index (κ1) is 19.4. The monoisotopic (exact) mass is 409 g/mol. The number of carbonyl (C=O) groups excluding carboxylic acids is 1. The zero-order chi connectivity index (χ0) is 18.7. The van der Waals surface area contributed by atoms with Crippen LogP contribution in [0.2, 0.25) is 10.0 Å². The van der Waals surface area contributed by atoms with Gasteiger partial charge in [-0.2, -0.15) is 0 Å². The Labute approximate surface area is 168 Å². The van der Waals surface area contributed by atoms with Crippen molar-refractivity contribution < 1.29 is 9.53 Å². The summed E-state index contributed by atoms with van der Waals surface area (Å²) in [4.78, 5) is 12.4. The van der Waals surface area contributed by atoms with E-state index in [1.807, 2.05) is 50.2 Å². The van der Waals surface area contributed by atoms with Gasteiger partial charge in [-0.1, -0.05) is 47.5 Å². The lowest BCUT2D eigenvalue weighted by Crippen LogP contribution is -2.41. The van der Waals surface area contributed by atoms with Crippen LogP contribution in [0.15, 0.2) is 42.5 Å². The molecule has 1 atom stereocenters. The number of halogens is 2. The number of ether oxygens (including phenoxy) is 1. The molecule has 0 saturated carbocycles. The fraction of sp³-hybridized carbons (Fsp3) is 0.350. The standard InChI is InChI=1S/C20H21Cl2NO2S/c1-20(2)10-17(15-5-3-4-6-18(15)25-20)23-19(24)12-26-11-13-7-8-14(21)9-16(13)22/h3-9,17H,10-12H2,1-2H3,(H,23,24). The quantitative estimate of drug-likeness (QED) is 0.693. The first-order chi connectivity index (χ1) is 12.3. The minimum Gasteiger partial charge on any atom is -0.487 e. The molecule has 6 heteroatoms.